The number of benzene rings is 1. The van der Waals surface area contributed by atoms with E-state index >= 15 is 0 Å². The van der Waals surface area contributed by atoms with Crippen LogP contribution >= 0.6 is 0 Å². The molecule has 5 nitrogen and oxygen atoms in total. The van der Waals surface area contributed by atoms with Crippen molar-refractivity contribution in [1.82, 2.24) is 10.2 Å². The molecule has 2 saturated heterocycles. The summed E-state index contributed by atoms with van der Waals surface area (Å²) in [7, 11) is 0. The molecule has 2 heterocycles. The molecule has 0 bridgehead atoms. The van der Waals surface area contributed by atoms with Crippen molar-refractivity contribution in [2.24, 2.45) is 5.92 Å². The highest BCUT2D eigenvalue weighted by atomic mass is 16.7. The second kappa shape index (κ2) is 8.19. The van der Waals surface area contributed by atoms with Gasteiger partial charge in [-0.3, -0.25) is 0 Å². The van der Waals surface area contributed by atoms with Gasteiger partial charge in [-0.25, -0.2) is 4.79 Å². The number of carbonyl (C=O) groups is 1. The zero-order valence-corrected chi connectivity index (χ0v) is 15.4. The Morgan fingerprint density at radius 3 is 2.76 bits per heavy atom. The van der Waals surface area contributed by atoms with Gasteiger partial charge in [-0.2, -0.15) is 0 Å². The van der Waals surface area contributed by atoms with Gasteiger partial charge in [-0.1, -0.05) is 37.3 Å². The number of likely N-dealkylation sites (tertiary alicyclic amines) is 1. The molecule has 2 amide bonds. The third kappa shape index (κ3) is 4.53. The minimum absolute atomic E-state index is 0.0339. The molecule has 0 spiro atoms. The van der Waals surface area contributed by atoms with E-state index in [1.165, 1.54) is 5.56 Å². The van der Waals surface area contributed by atoms with Crippen LogP contribution in [0.15, 0.2) is 30.3 Å². The normalized spacial score (nSPS) is 24.1. The predicted octanol–water partition coefficient (Wildman–Crippen LogP) is 3.36. The zero-order chi connectivity index (χ0) is 17.7. The largest absolute Gasteiger partial charge is 0.347 e. The summed E-state index contributed by atoms with van der Waals surface area (Å²) in [5.74, 6) is 0.161. The highest BCUT2D eigenvalue weighted by Crippen LogP contribution is 2.34. The summed E-state index contributed by atoms with van der Waals surface area (Å²) in [6, 6.07) is 10.5. The number of piperidine rings is 1. The fraction of sp³-hybridized carbons (Fsp3) is 0.650. The molecule has 2 atom stereocenters. The van der Waals surface area contributed by atoms with E-state index in [-0.39, 0.29) is 11.9 Å². The molecule has 0 radical (unpaired) electrons. The number of rotatable bonds is 5. The molecule has 5 heteroatoms. The Bertz CT molecular complexity index is 557. The maximum atomic E-state index is 12.5. The molecule has 138 valence electrons. The van der Waals surface area contributed by atoms with Crippen LogP contribution in [0, 0.1) is 5.92 Å². The quantitative estimate of drug-likeness (QED) is 0.889. The summed E-state index contributed by atoms with van der Waals surface area (Å²) >= 11 is 0. The van der Waals surface area contributed by atoms with Crippen LogP contribution in [-0.4, -0.2) is 49.6 Å². The van der Waals surface area contributed by atoms with E-state index in [9.17, 15) is 4.79 Å². The van der Waals surface area contributed by atoms with Gasteiger partial charge < -0.3 is 19.7 Å². The SMILES string of the molecule is C[C@H](CCNC(=O)N1CCC[C@H](C2(C)OCCO2)C1)c1ccccc1. The van der Waals surface area contributed by atoms with Crippen LogP contribution in [0.25, 0.3) is 0 Å². The van der Waals surface area contributed by atoms with Crippen LogP contribution in [0.1, 0.15) is 44.6 Å². The Morgan fingerprint density at radius 1 is 1.32 bits per heavy atom. The molecule has 1 N–H and O–H groups in total. The van der Waals surface area contributed by atoms with Crippen LogP contribution in [0.4, 0.5) is 4.79 Å². The lowest BCUT2D eigenvalue weighted by Crippen LogP contribution is -2.51. The zero-order valence-electron chi connectivity index (χ0n) is 15.4. The van der Waals surface area contributed by atoms with Gasteiger partial charge in [0.05, 0.1) is 13.2 Å². The van der Waals surface area contributed by atoms with Crippen molar-refractivity contribution in [3.63, 3.8) is 0 Å². The summed E-state index contributed by atoms with van der Waals surface area (Å²) in [5, 5.41) is 3.08. The minimum Gasteiger partial charge on any atom is -0.347 e. The Labute approximate surface area is 150 Å². The minimum atomic E-state index is -0.527. The van der Waals surface area contributed by atoms with Crippen molar-refractivity contribution in [2.45, 2.75) is 44.8 Å². The Hall–Kier alpha value is -1.59. The molecule has 1 aromatic rings. The first-order valence-corrected chi connectivity index (χ1v) is 9.44. The number of hydrogen-bond acceptors (Lipinski definition) is 3. The summed E-state index contributed by atoms with van der Waals surface area (Å²) in [6.45, 7) is 7.72. The number of urea groups is 1. The fourth-order valence-electron chi connectivity index (χ4n) is 3.81. The van der Waals surface area contributed by atoms with Gasteiger partial charge in [-0.15, -0.1) is 0 Å². The number of amides is 2. The second-order valence-corrected chi connectivity index (χ2v) is 7.33. The fourth-order valence-corrected chi connectivity index (χ4v) is 3.81. The van der Waals surface area contributed by atoms with E-state index in [1.54, 1.807) is 0 Å². The first kappa shape index (κ1) is 18.2. The Balaban J connectivity index is 1.45. The van der Waals surface area contributed by atoms with Gasteiger partial charge in [0, 0.05) is 25.6 Å². The van der Waals surface area contributed by atoms with Crippen molar-refractivity contribution < 1.29 is 14.3 Å². The van der Waals surface area contributed by atoms with Gasteiger partial charge in [0.15, 0.2) is 5.79 Å². The molecule has 2 aliphatic rings. The number of hydrogen-bond donors (Lipinski definition) is 1. The molecular formula is C20H30N2O3. The highest BCUT2D eigenvalue weighted by Gasteiger charge is 2.42. The van der Waals surface area contributed by atoms with Crippen LogP contribution in [0.3, 0.4) is 0 Å². The van der Waals surface area contributed by atoms with Crippen LogP contribution < -0.4 is 5.32 Å². The van der Waals surface area contributed by atoms with Crippen molar-refractivity contribution in [3.8, 4) is 0 Å². The van der Waals surface area contributed by atoms with Gasteiger partial charge in [-0.05, 0) is 37.7 Å². The highest BCUT2D eigenvalue weighted by molar-refractivity contribution is 5.74. The van der Waals surface area contributed by atoms with Crippen molar-refractivity contribution in [3.05, 3.63) is 35.9 Å². The van der Waals surface area contributed by atoms with E-state index in [0.29, 0.717) is 32.2 Å². The molecule has 2 fully saturated rings. The lowest BCUT2D eigenvalue weighted by Gasteiger charge is -2.39. The monoisotopic (exact) mass is 346 g/mol. The molecule has 0 saturated carbocycles. The average Bonchev–Trinajstić information content (AvgIpc) is 3.10. The Kier molecular flexibility index (Phi) is 5.97. The standard InChI is InChI=1S/C20H30N2O3/c1-16(17-7-4-3-5-8-17)10-11-21-19(23)22-12-6-9-18(15-22)20(2)24-13-14-25-20/h3-5,7-8,16,18H,6,9-15H2,1-2H3,(H,21,23)/t16-,18+/m1/s1. The lowest BCUT2D eigenvalue weighted by atomic mass is 9.90. The molecule has 1 aromatic carbocycles. The first-order chi connectivity index (χ1) is 12.1. The van der Waals surface area contributed by atoms with Crippen molar-refractivity contribution >= 4 is 6.03 Å². The molecule has 0 aromatic heterocycles. The van der Waals surface area contributed by atoms with E-state index in [1.807, 2.05) is 17.9 Å². The van der Waals surface area contributed by atoms with Crippen LogP contribution in [-0.2, 0) is 9.47 Å². The topological polar surface area (TPSA) is 50.8 Å². The van der Waals surface area contributed by atoms with Crippen LogP contribution in [0.2, 0.25) is 0 Å². The summed E-state index contributed by atoms with van der Waals surface area (Å²) in [6.07, 6.45) is 2.99. The summed E-state index contributed by atoms with van der Waals surface area (Å²) in [5.41, 5.74) is 1.32. The van der Waals surface area contributed by atoms with Gasteiger partial charge in [0.2, 0.25) is 0 Å². The molecule has 3 rings (SSSR count). The first-order valence-electron chi connectivity index (χ1n) is 9.44. The maximum absolute atomic E-state index is 12.5. The van der Waals surface area contributed by atoms with E-state index in [4.69, 9.17) is 9.47 Å². The third-order valence-corrected chi connectivity index (χ3v) is 5.53. The van der Waals surface area contributed by atoms with E-state index < -0.39 is 5.79 Å². The maximum Gasteiger partial charge on any atom is 0.317 e. The number of nitrogens with one attached hydrogen (secondary N) is 1. The molecule has 0 unspecified atom stereocenters. The second-order valence-electron chi connectivity index (χ2n) is 7.33. The predicted molar refractivity (Wildman–Crippen MR) is 97.5 cm³/mol. The molecule has 0 aliphatic carbocycles. The number of ether oxygens (including phenoxy) is 2. The Morgan fingerprint density at radius 2 is 2.04 bits per heavy atom. The third-order valence-electron chi connectivity index (χ3n) is 5.53. The van der Waals surface area contributed by atoms with Gasteiger partial charge >= 0.3 is 6.03 Å². The molecular weight excluding hydrogens is 316 g/mol. The van der Waals surface area contributed by atoms with Crippen molar-refractivity contribution in [1.29, 1.82) is 0 Å². The van der Waals surface area contributed by atoms with Crippen molar-refractivity contribution in [2.75, 3.05) is 32.8 Å². The summed E-state index contributed by atoms with van der Waals surface area (Å²) in [4.78, 5) is 14.4. The average molecular weight is 346 g/mol. The van der Waals surface area contributed by atoms with Gasteiger partial charge in [0.25, 0.3) is 0 Å². The smallest absolute Gasteiger partial charge is 0.317 e. The van der Waals surface area contributed by atoms with Gasteiger partial charge in [0.1, 0.15) is 0 Å². The summed E-state index contributed by atoms with van der Waals surface area (Å²) < 4.78 is 11.6. The molecule has 2 aliphatic heterocycles. The van der Waals surface area contributed by atoms with Crippen LogP contribution in [0.5, 0.6) is 0 Å². The number of carbonyl (C=O) groups excluding carboxylic acids is 1. The van der Waals surface area contributed by atoms with E-state index in [2.05, 4.69) is 36.5 Å². The lowest BCUT2D eigenvalue weighted by molar-refractivity contribution is -0.189. The molecule has 25 heavy (non-hydrogen) atoms. The van der Waals surface area contributed by atoms with E-state index in [0.717, 1.165) is 25.8 Å². The number of nitrogens with zero attached hydrogens (tertiary/aromatic N) is 1.